The normalized spacial score (nSPS) is 12.5. The van der Waals surface area contributed by atoms with E-state index < -0.39 is 0 Å². The van der Waals surface area contributed by atoms with Crippen LogP contribution in [0.1, 0.15) is 21.5 Å². The van der Waals surface area contributed by atoms with E-state index in [4.69, 9.17) is 5.73 Å². The lowest BCUT2D eigenvalue weighted by Gasteiger charge is -2.25. The number of carbonyl (C=O) groups is 2. The van der Waals surface area contributed by atoms with Gasteiger partial charge in [-0.3, -0.25) is 9.59 Å². The van der Waals surface area contributed by atoms with E-state index in [0.717, 1.165) is 12.0 Å². The Morgan fingerprint density at radius 1 is 1.04 bits per heavy atom. The van der Waals surface area contributed by atoms with E-state index in [0.29, 0.717) is 31.7 Å². The van der Waals surface area contributed by atoms with Crippen LogP contribution in [0.15, 0.2) is 54.6 Å². The van der Waals surface area contributed by atoms with Gasteiger partial charge in [0.15, 0.2) is 0 Å². The first-order chi connectivity index (χ1) is 12.2. The van der Waals surface area contributed by atoms with Crippen molar-refractivity contribution in [3.63, 3.8) is 0 Å². The number of nitrogens with two attached hydrogens (primary N) is 1. The lowest BCUT2D eigenvalue weighted by atomic mass is 10.1. The summed E-state index contributed by atoms with van der Waals surface area (Å²) in [7, 11) is 0. The molecule has 2 N–H and O–H groups in total. The van der Waals surface area contributed by atoms with Crippen LogP contribution in [0.25, 0.3) is 0 Å². The number of amides is 2. The van der Waals surface area contributed by atoms with Crippen molar-refractivity contribution in [2.75, 3.05) is 26.2 Å². The number of benzene rings is 2. The van der Waals surface area contributed by atoms with Crippen LogP contribution >= 0.6 is 12.4 Å². The van der Waals surface area contributed by atoms with E-state index >= 15 is 0 Å². The average Bonchev–Trinajstić information content (AvgIpc) is 2.95. The summed E-state index contributed by atoms with van der Waals surface area (Å²) >= 11 is 0. The highest BCUT2D eigenvalue weighted by Gasteiger charge is 2.29. The largest absolute Gasteiger partial charge is 0.340 e. The first kappa shape index (κ1) is 19.9. The summed E-state index contributed by atoms with van der Waals surface area (Å²) in [6.45, 7) is 2.11. The third-order valence-corrected chi connectivity index (χ3v) is 4.49. The molecule has 2 aromatic carbocycles. The van der Waals surface area contributed by atoms with Crippen LogP contribution in [0.2, 0.25) is 0 Å². The summed E-state index contributed by atoms with van der Waals surface area (Å²) in [5.74, 6) is -0.123. The molecule has 0 aromatic heterocycles. The highest BCUT2D eigenvalue weighted by molar-refractivity contribution is 6.00. The Kier molecular flexibility index (Phi) is 7.18. The highest BCUT2D eigenvalue weighted by Crippen LogP contribution is 2.22. The van der Waals surface area contributed by atoms with Crippen molar-refractivity contribution in [1.82, 2.24) is 9.80 Å². The van der Waals surface area contributed by atoms with Gasteiger partial charge in [-0.2, -0.15) is 0 Å². The van der Waals surface area contributed by atoms with Crippen LogP contribution < -0.4 is 5.73 Å². The molecule has 0 unspecified atom stereocenters. The number of rotatable bonds is 7. The molecule has 5 nitrogen and oxygen atoms in total. The lowest BCUT2D eigenvalue weighted by Crippen LogP contribution is -2.43. The molecule has 0 atom stereocenters. The summed E-state index contributed by atoms with van der Waals surface area (Å²) in [4.78, 5) is 28.5. The molecule has 0 spiro atoms. The Balaban J connectivity index is 0.00000243. The fourth-order valence-electron chi connectivity index (χ4n) is 3.13. The molecule has 138 valence electrons. The summed E-state index contributed by atoms with van der Waals surface area (Å²) in [5, 5.41) is 0. The van der Waals surface area contributed by atoms with E-state index in [1.54, 1.807) is 9.80 Å². The average molecular weight is 374 g/mol. The minimum atomic E-state index is -0.0697. The van der Waals surface area contributed by atoms with Crippen LogP contribution in [0.5, 0.6) is 0 Å². The first-order valence-corrected chi connectivity index (χ1v) is 8.58. The third kappa shape index (κ3) is 4.62. The third-order valence-electron chi connectivity index (χ3n) is 4.49. The number of hydrogen-bond acceptors (Lipinski definition) is 3. The van der Waals surface area contributed by atoms with Crippen molar-refractivity contribution in [2.45, 2.75) is 13.0 Å². The number of carbonyl (C=O) groups excluding carboxylic acids is 2. The molecule has 0 saturated carbocycles. The number of fused-ring (bicyclic) bond motifs is 1. The molecule has 6 heteroatoms. The molecule has 0 saturated heterocycles. The van der Waals surface area contributed by atoms with Crippen molar-refractivity contribution in [3.05, 3.63) is 71.3 Å². The molecule has 0 aliphatic carbocycles. The number of nitrogens with zero attached hydrogens (tertiary/aromatic N) is 2. The number of halogens is 1. The molecule has 0 bridgehead atoms. The molecular formula is C20H24ClN3O2. The second-order valence-electron chi connectivity index (χ2n) is 6.22. The van der Waals surface area contributed by atoms with Crippen molar-refractivity contribution in [1.29, 1.82) is 0 Å². The Morgan fingerprint density at radius 2 is 1.73 bits per heavy atom. The smallest absolute Gasteiger partial charge is 0.254 e. The van der Waals surface area contributed by atoms with Gasteiger partial charge in [-0.05, 0) is 23.6 Å². The molecule has 3 rings (SSSR count). The molecule has 0 fully saturated rings. The van der Waals surface area contributed by atoms with E-state index in [-0.39, 0.29) is 30.8 Å². The van der Waals surface area contributed by atoms with Crippen molar-refractivity contribution in [3.8, 4) is 0 Å². The fourth-order valence-corrected chi connectivity index (χ4v) is 3.13. The lowest BCUT2D eigenvalue weighted by molar-refractivity contribution is -0.131. The molecule has 2 aromatic rings. The quantitative estimate of drug-likeness (QED) is 0.808. The predicted molar refractivity (Wildman–Crippen MR) is 104 cm³/mol. The maximum Gasteiger partial charge on any atom is 0.254 e. The summed E-state index contributed by atoms with van der Waals surface area (Å²) in [6.07, 6.45) is 0.779. The van der Waals surface area contributed by atoms with Crippen LogP contribution in [0.3, 0.4) is 0 Å². The molecular weight excluding hydrogens is 350 g/mol. The molecule has 1 aliphatic rings. The van der Waals surface area contributed by atoms with Crippen molar-refractivity contribution in [2.24, 2.45) is 5.73 Å². The van der Waals surface area contributed by atoms with Gasteiger partial charge >= 0.3 is 0 Å². The van der Waals surface area contributed by atoms with Gasteiger partial charge in [-0.15, -0.1) is 12.4 Å². The standard InChI is InChI=1S/C20H23N3O2.ClH/c21-11-13-22(12-10-16-6-2-1-3-7-16)19(24)15-23-14-17-8-4-5-9-18(17)20(23)25;/h1-9H,10-15,21H2;1H. The monoisotopic (exact) mass is 373 g/mol. The van der Waals surface area contributed by atoms with Crippen LogP contribution in [0.4, 0.5) is 0 Å². The van der Waals surface area contributed by atoms with Crippen LogP contribution in [-0.4, -0.2) is 47.8 Å². The Hall–Kier alpha value is -2.37. The van der Waals surface area contributed by atoms with Gasteiger partial charge in [0.2, 0.25) is 5.91 Å². The SMILES string of the molecule is Cl.NCCN(CCc1ccccc1)C(=O)CN1Cc2ccccc2C1=O. The maximum atomic E-state index is 12.7. The Labute approximate surface area is 160 Å². The Bertz CT molecular complexity index is 752. The predicted octanol–water partition coefficient (Wildman–Crippen LogP) is 2.09. The van der Waals surface area contributed by atoms with Crippen LogP contribution in [0, 0.1) is 0 Å². The topological polar surface area (TPSA) is 66.6 Å². The van der Waals surface area contributed by atoms with E-state index in [1.165, 1.54) is 5.56 Å². The van der Waals surface area contributed by atoms with Crippen molar-refractivity contribution >= 4 is 24.2 Å². The van der Waals surface area contributed by atoms with Gasteiger partial charge < -0.3 is 15.5 Å². The summed E-state index contributed by atoms with van der Waals surface area (Å²) in [6, 6.07) is 17.6. The molecule has 1 heterocycles. The van der Waals surface area contributed by atoms with Gasteiger partial charge in [0.05, 0.1) is 0 Å². The zero-order valence-corrected chi connectivity index (χ0v) is 15.5. The highest BCUT2D eigenvalue weighted by atomic mass is 35.5. The minimum Gasteiger partial charge on any atom is -0.340 e. The zero-order valence-electron chi connectivity index (χ0n) is 14.6. The first-order valence-electron chi connectivity index (χ1n) is 8.58. The summed E-state index contributed by atoms with van der Waals surface area (Å²) in [5.41, 5.74) is 8.53. The zero-order chi connectivity index (χ0) is 17.6. The van der Waals surface area contributed by atoms with Crippen LogP contribution in [-0.2, 0) is 17.8 Å². The second kappa shape index (κ2) is 9.36. The number of hydrogen-bond donors (Lipinski definition) is 1. The Morgan fingerprint density at radius 3 is 2.42 bits per heavy atom. The van der Waals surface area contributed by atoms with Gasteiger partial charge in [0.1, 0.15) is 6.54 Å². The maximum absolute atomic E-state index is 12.7. The van der Waals surface area contributed by atoms with E-state index in [9.17, 15) is 9.59 Å². The second-order valence-corrected chi connectivity index (χ2v) is 6.22. The minimum absolute atomic E-state index is 0. The van der Waals surface area contributed by atoms with E-state index in [1.807, 2.05) is 54.6 Å². The van der Waals surface area contributed by atoms with Gasteiger partial charge in [0, 0.05) is 31.7 Å². The fraction of sp³-hybridized carbons (Fsp3) is 0.300. The van der Waals surface area contributed by atoms with Gasteiger partial charge in [0.25, 0.3) is 5.91 Å². The van der Waals surface area contributed by atoms with E-state index in [2.05, 4.69) is 0 Å². The summed E-state index contributed by atoms with van der Waals surface area (Å²) < 4.78 is 0. The molecule has 26 heavy (non-hydrogen) atoms. The molecule has 1 aliphatic heterocycles. The molecule has 0 radical (unpaired) electrons. The van der Waals surface area contributed by atoms with Gasteiger partial charge in [-0.25, -0.2) is 0 Å². The van der Waals surface area contributed by atoms with Gasteiger partial charge in [-0.1, -0.05) is 48.5 Å². The molecule has 2 amide bonds. The van der Waals surface area contributed by atoms with Crippen molar-refractivity contribution < 1.29 is 9.59 Å².